The summed E-state index contributed by atoms with van der Waals surface area (Å²) in [5.41, 5.74) is 13.3. The first-order valence-electron chi connectivity index (χ1n) is 12.5. The molecule has 4 aromatic carbocycles. The molecule has 0 saturated carbocycles. The lowest BCUT2D eigenvalue weighted by molar-refractivity contribution is -0.142. The number of aromatic nitrogens is 1. The first-order valence-corrected chi connectivity index (χ1v) is 12.5. The lowest BCUT2D eigenvalue weighted by atomic mass is 9.97. The molecule has 5 aromatic rings. The van der Waals surface area contributed by atoms with Gasteiger partial charge in [-0.2, -0.15) is 0 Å². The maximum atomic E-state index is 12.1. The highest BCUT2D eigenvalue weighted by Gasteiger charge is 2.14. The van der Waals surface area contributed by atoms with Crippen LogP contribution in [0.4, 0.5) is 0 Å². The van der Waals surface area contributed by atoms with Crippen LogP contribution in [-0.2, 0) is 29.1 Å². The molecule has 0 bridgehead atoms. The van der Waals surface area contributed by atoms with E-state index in [1.54, 1.807) is 0 Å². The summed E-state index contributed by atoms with van der Waals surface area (Å²) in [6.07, 6.45) is 2.28. The number of nitrogens with two attached hydrogens (primary N) is 1. The SMILES string of the molecule is CCOC(=O)Cc1ccccc1OCc1cc(-c2cccc(CN)c2)c2ccn(-c3ccccc3)c2c1. The third-order valence-electron chi connectivity index (χ3n) is 6.38. The average Bonchev–Trinajstić information content (AvgIpc) is 3.37. The summed E-state index contributed by atoms with van der Waals surface area (Å²) in [6.45, 7) is 3.01. The lowest BCUT2D eigenvalue weighted by Crippen LogP contribution is -2.09. The van der Waals surface area contributed by atoms with E-state index in [0.29, 0.717) is 25.5 Å². The monoisotopic (exact) mass is 490 g/mol. The van der Waals surface area contributed by atoms with Crippen LogP contribution in [0, 0.1) is 0 Å². The van der Waals surface area contributed by atoms with Gasteiger partial charge in [0.25, 0.3) is 0 Å². The highest BCUT2D eigenvalue weighted by Crippen LogP contribution is 2.33. The van der Waals surface area contributed by atoms with Crippen LogP contribution in [0.2, 0.25) is 0 Å². The lowest BCUT2D eigenvalue weighted by Gasteiger charge is -2.14. The zero-order chi connectivity index (χ0) is 25.6. The second-order valence-electron chi connectivity index (χ2n) is 8.88. The summed E-state index contributed by atoms with van der Waals surface area (Å²) in [5, 5.41) is 1.16. The largest absolute Gasteiger partial charge is 0.489 e. The number of carbonyl (C=O) groups excluding carboxylic acids is 1. The topological polar surface area (TPSA) is 66.5 Å². The molecule has 5 heteroatoms. The van der Waals surface area contributed by atoms with Gasteiger partial charge in [-0.15, -0.1) is 0 Å². The molecule has 1 aromatic heterocycles. The highest BCUT2D eigenvalue weighted by atomic mass is 16.5. The third-order valence-corrected chi connectivity index (χ3v) is 6.38. The van der Waals surface area contributed by atoms with E-state index in [1.807, 2.05) is 61.5 Å². The van der Waals surface area contributed by atoms with E-state index in [9.17, 15) is 4.79 Å². The molecule has 0 aliphatic rings. The van der Waals surface area contributed by atoms with E-state index >= 15 is 0 Å². The molecule has 0 unspecified atom stereocenters. The van der Waals surface area contributed by atoms with Crippen molar-refractivity contribution in [3.8, 4) is 22.6 Å². The molecule has 186 valence electrons. The van der Waals surface area contributed by atoms with E-state index < -0.39 is 0 Å². The minimum atomic E-state index is -0.261. The number of ether oxygens (including phenoxy) is 2. The number of rotatable bonds is 9. The highest BCUT2D eigenvalue weighted by molar-refractivity contribution is 5.97. The molecule has 0 aliphatic carbocycles. The Morgan fingerprint density at radius 1 is 0.865 bits per heavy atom. The van der Waals surface area contributed by atoms with Gasteiger partial charge in [-0.3, -0.25) is 4.79 Å². The summed E-state index contributed by atoms with van der Waals surface area (Å²) in [4.78, 5) is 12.1. The summed E-state index contributed by atoms with van der Waals surface area (Å²) in [6, 6.07) is 32.8. The second kappa shape index (κ2) is 11.1. The number of nitrogens with zero attached hydrogens (tertiary/aromatic N) is 1. The number of benzene rings is 4. The molecule has 0 atom stereocenters. The smallest absolute Gasteiger partial charge is 0.310 e. The summed E-state index contributed by atoms with van der Waals surface area (Å²) in [7, 11) is 0. The third kappa shape index (κ3) is 5.42. The van der Waals surface area contributed by atoms with Crippen LogP contribution in [0.15, 0.2) is 103 Å². The molecule has 5 nitrogen and oxygen atoms in total. The summed E-state index contributed by atoms with van der Waals surface area (Å²) >= 11 is 0. The van der Waals surface area contributed by atoms with Crippen LogP contribution in [-0.4, -0.2) is 17.1 Å². The van der Waals surface area contributed by atoms with Gasteiger partial charge in [0, 0.05) is 29.4 Å². The normalized spacial score (nSPS) is 11.0. The van der Waals surface area contributed by atoms with Gasteiger partial charge in [0.1, 0.15) is 12.4 Å². The molecule has 0 radical (unpaired) electrons. The molecule has 0 spiro atoms. The van der Waals surface area contributed by atoms with Crippen molar-refractivity contribution in [1.82, 2.24) is 4.57 Å². The van der Waals surface area contributed by atoms with Crippen molar-refractivity contribution in [3.05, 3.63) is 120 Å². The predicted octanol–water partition coefficient (Wildman–Crippen LogP) is 6.44. The van der Waals surface area contributed by atoms with E-state index in [2.05, 4.69) is 53.2 Å². The van der Waals surface area contributed by atoms with Crippen LogP contribution < -0.4 is 10.5 Å². The van der Waals surface area contributed by atoms with Crippen LogP contribution in [0.5, 0.6) is 5.75 Å². The summed E-state index contributed by atoms with van der Waals surface area (Å²) < 4.78 is 13.6. The van der Waals surface area contributed by atoms with Crippen molar-refractivity contribution in [2.45, 2.75) is 26.5 Å². The van der Waals surface area contributed by atoms with Gasteiger partial charge in [-0.1, -0.05) is 54.6 Å². The summed E-state index contributed by atoms with van der Waals surface area (Å²) in [5.74, 6) is 0.420. The Labute approximate surface area is 217 Å². The van der Waals surface area contributed by atoms with Crippen LogP contribution >= 0.6 is 0 Å². The Bertz CT molecular complexity index is 1520. The van der Waals surface area contributed by atoms with Crippen molar-refractivity contribution in [2.75, 3.05) is 6.61 Å². The van der Waals surface area contributed by atoms with E-state index in [-0.39, 0.29) is 12.4 Å². The molecule has 5 rings (SSSR count). The van der Waals surface area contributed by atoms with Crippen molar-refractivity contribution in [3.63, 3.8) is 0 Å². The zero-order valence-electron chi connectivity index (χ0n) is 20.9. The molecule has 37 heavy (non-hydrogen) atoms. The van der Waals surface area contributed by atoms with Crippen LogP contribution in [0.1, 0.15) is 23.6 Å². The Hall–Kier alpha value is -4.35. The maximum Gasteiger partial charge on any atom is 0.310 e. The van der Waals surface area contributed by atoms with E-state index in [4.69, 9.17) is 15.2 Å². The molecular formula is C32H30N2O3. The van der Waals surface area contributed by atoms with E-state index in [1.165, 1.54) is 0 Å². The van der Waals surface area contributed by atoms with E-state index in [0.717, 1.165) is 44.4 Å². The Morgan fingerprint density at radius 3 is 2.49 bits per heavy atom. The Morgan fingerprint density at radius 2 is 1.68 bits per heavy atom. The molecule has 1 heterocycles. The predicted molar refractivity (Wildman–Crippen MR) is 148 cm³/mol. The Kier molecular flexibility index (Phi) is 7.33. The zero-order valence-corrected chi connectivity index (χ0v) is 20.9. The number of carbonyl (C=O) groups is 1. The van der Waals surface area contributed by atoms with Gasteiger partial charge in [-0.05, 0) is 71.6 Å². The minimum absolute atomic E-state index is 0.178. The fourth-order valence-corrected chi connectivity index (χ4v) is 4.62. The quantitative estimate of drug-likeness (QED) is 0.242. The molecular weight excluding hydrogens is 460 g/mol. The first kappa shape index (κ1) is 24.3. The van der Waals surface area contributed by atoms with Crippen LogP contribution in [0.3, 0.4) is 0 Å². The number of hydrogen-bond donors (Lipinski definition) is 1. The van der Waals surface area contributed by atoms with Crippen molar-refractivity contribution in [2.24, 2.45) is 5.73 Å². The fraction of sp³-hybridized carbons (Fsp3) is 0.156. The number of esters is 1. The number of hydrogen-bond acceptors (Lipinski definition) is 4. The molecule has 2 N–H and O–H groups in total. The maximum absolute atomic E-state index is 12.1. The molecule has 0 saturated heterocycles. The van der Waals surface area contributed by atoms with Gasteiger partial charge < -0.3 is 19.8 Å². The second-order valence-corrected chi connectivity index (χ2v) is 8.88. The molecule has 0 amide bonds. The number of fused-ring (bicyclic) bond motifs is 1. The van der Waals surface area contributed by atoms with Gasteiger partial charge in [0.05, 0.1) is 18.5 Å². The minimum Gasteiger partial charge on any atom is -0.489 e. The van der Waals surface area contributed by atoms with Gasteiger partial charge in [0.2, 0.25) is 0 Å². The average molecular weight is 491 g/mol. The standard InChI is InChI=1S/C32H30N2O3/c1-2-36-32(35)20-26-10-6-7-14-31(26)37-22-24-18-29(25-11-8-9-23(17-25)21-33)28-15-16-34(30(28)19-24)27-12-4-3-5-13-27/h3-19H,2,20-22,33H2,1H3. The van der Waals surface area contributed by atoms with Crippen molar-refractivity contribution < 1.29 is 14.3 Å². The molecule has 0 fully saturated rings. The van der Waals surface area contributed by atoms with Crippen molar-refractivity contribution in [1.29, 1.82) is 0 Å². The molecule has 0 aliphatic heterocycles. The van der Waals surface area contributed by atoms with Gasteiger partial charge >= 0.3 is 5.97 Å². The van der Waals surface area contributed by atoms with Gasteiger partial charge in [-0.25, -0.2) is 0 Å². The van der Waals surface area contributed by atoms with Gasteiger partial charge in [0.15, 0.2) is 0 Å². The number of para-hydroxylation sites is 2. The Balaban J connectivity index is 1.54. The van der Waals surface area contributed by atoms with Crippen LogP contribution in [0.25, 0.3) is 27.7 Å². The first-order chi connectivity index (χ1) is 18.2. The fourth-order valence-electron chi connectivity index (χ4n) is 4.62. The van der Waals surface area contributed by atoms with Crippen molar-refractivity contribution >= 4 is 16.9 Å².